The lowest BCUT2D eigenvalue weighted by atomic mass is 9.92. The van der Waals surface area contributed by atoms with Crippen LogP contribution in [0.1, 0.15) is 11.1 Å². The van der Waals surface area contributed by atoms with E-state index in [0.717, 1.165) is 30.9 Å². The van der Waals surface area contributed by atoms with Gasteiger partial charge in [0, 0.05) is 6.54 Å². The fourth-order valence-electron chi connectivity index (χ4n) is 2.95. The molecule has 3 nitrogen and oxygen atoms in total. The molecular formula is C20H27NO2. The van der Waals surface area contributed by atoms with Crippen LogP contribution in [0.25, 0.3) is 0 Å². The van der Waals surface area contributed by atoms with Crippen LogP contribution in [-0.4, -0.2) is 39.8 Å². The zero-order valence-electron chi connectivity index (χ0n) is 14.6. The maximum absolute atomic E-state index is 5.34. The van der Waals surface area contributed by atoms with E-state index in [9.17, 15) is 0 Å². The number of rotatable bonds is 8. The van der Waals surface area contributed by atoms with Crippen LogP contribution in [0.4, 0.5) is 0 Å². The number of hydrogen-bond acceptors (Lipinski definition) is 3. The van der Waals surface area contributed by atoms with Gasteiger partial charge in [0.2, 0.25) is 0 Å². The second-order valence-electron chi connectivity index (χ2n) is 6.24. The number of benzene rings is 2. The highest BCUT2D eigenvalue weighted by Gasteiger charge is 2.13. The molecule has 1 unspecified atom stereocenters. The van der Waals surface area contributed by atoms with Crippen molar-refractivity contribution in [2.75, 3.05) is 34.9 Å². The van der Waals surface area contributed by atoms with Gasteiger partial charge in [-0.1, -0.05) is 24.3 Å². The number of ether oxygens (including phenoxy) is 2. The molecule has 0 fully saturated rings. The van der Waals surface area contributed by atoms with Gasteiger partial charge in [-0.15, -0.1) is 0 Å². The molecule has 0 aromatic heterocycles. The van der Waals surface area contributed by atoms with E-state index < -0.39 is 0 Å². The molecule has 0 spiro atoms. The van der Waals surface area contributed by atoms with Crippen molar-refractivity contribution in [3.8, 4) is 11.5 Å². The third-order valence-corrected chi connectivity index (χ3v) is 3.97. The van der Waals surface area contributed by atoms with Gasteiger partial charge in [-0.05, 0) is 68.2 Å². The minimum absolute atomic E-state index is 0.561. The molecule has 23 heavy (non-hydrogen) atoms. The first-order chi connectivity index (χ1) is 11.1. The predicted molar refractivity (Wildman–Crippen MR) is 95.4 cm³/mol. The lowest BCUT2D eigenvalue weighted by molar-refractivity contribution is 0.321. The van der Waals surface area contributed by atoms with Crippen molar-refractivity contribution >= 4 is 0 Å². The average Bonchev–Trinajstić information content (AvgIpc) is 2.55. The number of nitrogens with zero attached hydrogens (tertiary/aromatic N) is 1. The van der Waals surface area contributed by atoms with E-state index in [1.807, 2.05) is 18.2 Å². The summed E-state index contributed by atoms with van der Waals surface area (Å²) in [4.78, 5) is 2.26. The van der Waals surface area contributed by atoms with E-state index >= 15 is 0 Å². The van der Waals surface area contributed by atoms with E-state index in [1.54, 1.807) is 14.2 Å². The van der Waals surface area contributed by atoms with Crippen molar-refractivity contribution in [2.24, 2.45) is 5.92 Å². The molecule has 0 bridgehead atoms. The standard InChI is InChI=1S/C20H27NO2/c1-21(2)15-18(12-16-8-10-19(22-3)11-9-16)13-17-6-5-7-20(14-17)23-4/h5-11,14,18H,12-13,15H2,1-4H3. The summed E-state index contributed by atoms with van der Waals surface area (Å²) in [5.41, 5.74) is 2.67. The Bertz CT molecular complexity index is 593. The van der Waals surface area contributed by atoms with E-state index in [2.05, 4.69) is 49.3 Å². The molecule has 1 atom stereocenters. The van der Waals surface area contributed by atoms with Crippen molar-refractivity contribution in [3.63, 3.8) is 0 Å². The SMILES string of the molecule is COc1ccc(CC(Cc2cccc(OC)c2)CN(C)C)cc1. The maximum Gasteiger partial charge on any atom is 0.119 e. The first kappa shape index (κ1) is 17.4. The van der Waals surface area contributed by atoms with Crippen molar-refractivity contribution in [3.05, 3.63) is 59.7 Å². The van der Waals surface area contributed by atoms with Crippen LogP contribution in [0.15, 0.2) is 48.5 Å². The Morgan fingerprint density at radius 1 is 0.826 bits per heavy atom. The van der Waals surface area contributed by atoms with Crippen LogP contribution in [-0.2, 0) is 12.8 Å². The smallest absolute Gasteiger partial charge is 0.119 e. The second kappa shape index (κ2) is 8.59. The normalized spacial score (nSPS) is 12.2. The molecule has 0 N–H and O–H groups in total. The second-order valence-corrected chi connectivity index (χ2v) is 6.24. The third-order valence-electron chi connectivity index (χ3n) is 3.97. The number of hydrogen-bond donors (Lipinski definition) is 0. The summed E-state index contributed by atoms with van der Waals surface area (Å²) in [6, 6.07) is 16.8. The largest absolute Gasteiger partial charge is 0.497 e. The van der Waals surface area contributed by atoms with Gasteiger partial charge in [0.05, 0.1) is 14.2 Å². The molecule has 0 aliphatic rings. The molecule has 124 valence electrons. The summed E-state index contributed by atoms with van der Waals surface area (Å²) >= 11 is 0. The molecule has 0 saturated carbocycles. The summed E-state index contributed by atoms with van der Waals surface area (Å²) in [6.07, 6.45) is 2.10. The van der Waals surface area contributed by atoms with E-state index in [0.29, 0.717) is 5.92 Å². The minimum atomic E-state index is 0.561. The zero-order chi connectivity index (χ0) is 16.7. The molecule has 0 aliphatic heterocycles. The van der Waals surface area contributed by atoms with E-state index in [4.69, 9.17) is 9.47 Å². The first-order valence-electron chi connectivity index (χ1n) is 8.01. The third kappa shape index (κ3) is 5.61. The zero-order valence-corrected chi connectivity index (χ0v) is 14.6. The van der Waals surface area contributed by atoms with E-state index in [1.165, 1.54) is 11.1 Å². The molecule has 2 aromatic carbocycles. The Labute approximate surface area is 139 Å². The molecule has 0 amide bonds. The van der Waals surface area contributed by atoms with Crippen molar-refractivity contribution in [1.82, 2.24) is 4.90 Å². The molecule has 0 aliphatic carbocycles. The Morgan fingerprint density at radius 2 is 1.48 bits per heavy atom. The van der Waals surface area contributed by atoms with Crippen LogP contribution in [0.2, 0.25) is 0 Å². The fraction of sp³-hybridized carbons (Fsp3) is 0.400. The van der Waals surface area contributed by atoms with Gasteiger partial charge in [-0.25, -0.2) is 0 Å². The highest BCUT2D eigenvalue weighted by molar-refractivity contribution is 5.30. The predicted octanol–water partition coefficient (Wildman–Crippen LogP) is 3.67. The molecule has 3 heteroatoms. The molecule has 2 rings (SSSR count). The molecule has 2 aromatic rings. The lowest BCUT2D eigenvalue weighted by Gasteiger charge is -2.21. The van der Waals surface area contributed by atoms with Crippen molar-refractivity contribution in [1.29, 1.82) is 0 Å². The van der Waals surface area contributed by atoms with Crippen LogP contribution < -0.4 is 9.47 Å². The Morgan fingerprint density at radius 3 is 2.09 bits per heavy atom. The maximum atomic E-state index is 5.34. The van der Waals surface area contributed by atoms with Gasteiger partial charge in [0.1, 0.15) is 11.5 Å². The highest BCUT2D eigenvalue weighted by Crippen LogP contribution is 2.20. The molecule has 0 saturated heterocycles. The van der Waals surface area contributed by atoms with Crippen LogP contribution in [0, 0.1) is 5.92 Å². The summed E-state index contributed by atoms with van der Waals surface area (Å²) in [6.45, 7) is 1.06. The Kier molecular flexibility index (Phi) is 6.48. The summed E-state index contributed by atoms with van der Waals surface area (Å²) in [5, 5.41) is 0. The lowest BCUT2D eigenvalue weighted by Crippen LogP contribution is -2.25. The van der Waals surface area contributed by atoms with Crippen LogP contribution >= 0.6 is 0 Å². The van der Waals surface area contributed by atoms with Gasteiger partial charge in [0.15, 0.2) is 0 Å². The van der Waals surface area contributed by atoms with Crippen LogP contribution in [0.3, 0.4) is 0 Å². The Balaban J connectivity index is 2.08. The Hall–Kier alpha value is -2.00. The van der Waals surface area contributed by atoms with Crippen LogP contribution in [0.5, 0.6) is 11.5 Å². The summed E-state index contributed by atoms with van der Waals surface area (Å²) < 4.78 is 10.6. The minimum Gasteiger partial charge on any atom is -0.497 e. The topological polar surface area (TPSA) is 21.7 Å². The summed E-state index contributed by atoms with van der Waals surface area (Å²) in [5.74, 6) is 2.40. The van der Waals surface area contributed by atoms with Crippen molar-refractivity contribution < 1.29 is 9.47 Å². The summed E-state index contributed by atoms with van der Waals surface area (Å²) in [7, 11) is 7.68. The number of methoxy groups -OCH3 is 2. The average molecular weight is 313 g/mol. The quantitative estimate of drug-likeness (QED) is 0.742. The molecule has 0 heterocycles. The monoisotopic (exact) mass is 313 g/mol. The van der Waals surface area contributed by atoms with Gasteiger partial charge >= 0.3 is 0 Å². The first-order valence-corrected chi connectivity index (χ1v) is 8.01. The van der Waals surface area contributed by atoms with Gasteiger partial charge in [0.25, 0.3) is 0 Å². The van der Waals surface area contributed by atoms with Crippen molar-refractivity contribution in [2.45, 2.75) is 12.8 Å². The fourth-order valence-corrected chi connectivity index (χ4v) is 2.95. The molecule has 0 radical (unpaired) electrons. The van der Waals surface area contributed by atoms with E-state index in [-0.39, 0.29) is 0 Å². The molecular weight excluding hydrogens is 286 g/mol. The van der Waals surface area contributed by atoms with Gasteiger partial charge < -0.3 is 14.4 Å². The highest BCUT2D eigenvalue weighted by atomic mass is 16.5. The van der Waals surface area contributed by atoms with Gasteiger partial charge in [-0.3, -0.25) is 0 Å². The van der Waals surface area contributed by atoms with Gasteiger partial charge in [-0.2, -0.15) is 0 Å².